The molecule has 0 rings (SSSR count). The van der Waals surface area contributed by atoms with Gasteiger partial charge in [-0.25, -0.2) is 0 Å². The molecule has 9 nitrogen and oxygen atoms in total. The fourth-order valence-electron chi connectivity index (χ4n) is 6.76. The van der Waals surface area contributed by atoms with Gasteiger partial charge in [0.25, 0.3) is 0 Å². The van der Waals surface area contributed by atoms with E-state index in [1.165, 1.54) is 116 Å². The highest BCUT2D eigenvalue weighted by Crippen LogP contribution is 2.21. The van der Waals surface area contributed by atoms with Crippen molar-refractivity contribution in [1.82, 2.24) is 4.90 Å². The van der Waals surface area contributed by atoms with E-state index in [2.05, 4.69) is 25.3 Å². The summed E-state index contributed by atoms with van der Waals surface area (Å²) in [6.07, 6.45) is 27.5. The summed E-state index contributed by atoms with van der Waals surface area (Å²) >= 11 is 0. The van der Waals surface area contributed by atoms with Gasteiger partial charge in [-0.1, -0.05) is 129 Å². The maximum absolute atomic E-state index is 12.6. The lowest BCUT2D eigenvalue weighted by molar-refractivity contribution is -0.145. The van der Waals surface area contributed by atoms with Gasteiger partial charge in [-0.15, -0.1) is 0 Å². The third-order valence-corrected chi connectivity index (χ3v) is 12.8. The van der Waals surface area contributed by atoms with Crippen molar-refractivity contribution in [2.24, 2.45) is 0 Å². The van der Waals surface area contributed by atoms with Crippen molar-refractivity contribution in [1.29, 1.82) is 0 Å². The lowest BCUT2D eigenvalue weighted by atomic mass is 10.1. The number of carbonyl (C=O) groups is 2. The molecule has 322 valence electrons. The van der Waals surface area contributed by atoms with E-state index in [1.807, 2.05) is 27.7 Å². The number of hydrogen-bond donors (Lipinski definition) is 0. The second kappa shape index (κ2) is 38.8. The van der Waals surface area contributed by atoms with Gasteiger partial charge in [0.2, 0.25) is 0 Å². The summed E-state index contributed by atoms with van der Waals surface area (Å²) in [6.45, 7) is 19.4. The molecule has 0 saturated carbocycles. The van der Waals surface area contributed by atoms with Crippen LogP contribution in [0.15, 0.2) is 0 Å². The Labute approximate surface area is 335 Å². The normalized spacial score (nSPS) is 12.0. The van der Waals surface area contributed by atoms with Crippen molar-refractivity contribution in [3.8, 4) is 0 Å². The number of ether oxygens (including phenoxy) is 4. The highest BCUT2D eigenvalue weighted by Gasteiger charge is 2.33. The van der Waals surface area contributed by atoms with Crippen LogP contribution < -0.4 is 0 Å². The second-order valence-electron chi connectivity index (χ2n) is 15.9. The molecule has 0 amide bonds. The fourth-order valence-corrected chi connectivity index (χ4v) is 9.85. The van der Waals surface area contributed by atoms with Gasteiger partial charge >= 0.3 is 20.5 Å². The number of esters is 2. The first kappa shape index (κ1) is 53.0. The predicted molar refractivity (Wildman–Crippen MR) is 226 cm³/mol. The van der Waals surface area contributed by atoms with E-state index in [4.69, 9.17) is 27.8 Å². The molecule has 0 N–H and O–H groups in total. The van der Waals surface area contributed by atoms with Crippen LogP contribution in [-0.2, 0) is 37.4 Å². The molecule has 0 spiro atoms. The van der Waals surface area contributed by atoms with Crippen LogP contribution in [0.1, 0.15) is 189 Å². The molecule has 0 aliphatic heterocycles. The SMILES string of the molecule is CCCCCCCCCCCCOCCOC(=O)CCN(CCC[Si](C)(OC(C)C)OC(C)C)CCC(=O)OCCOCCCCCCCCCCCC. The zero-order valence-corrected chi connectivity index (χ0v) is 37.7. The zero-order chi connectivity index (χ0) is 40.0. The molecule has 0 aliphatic rings. The van der Waals surface area contributed by atoms with E-state index in [0.29, 0.717) is 39.5 Å². The summed E-state index contributed by atoms with van der Waals surface area (Å²) in [7, 11) is -2.36. The molecule has 0 aromatic heterocycles. The number of nitrogens with zero attached hydrogens (tertiary/aromatic N) is 1. The van der Waals surface area contributed by atoms with Gasteiger partial charge in [0.05, 0.1) is 26.1 Å². The van der Waals surface area contributed by atoms with Crippen LogP contribution >= 0.6 is 0 Å². The van der Waals surface area contributed by atoms with E-state index >= 15 is 0 Å². The summed E-state index contributed by atoms with van der Waals surface area (Å²) in [5, 5.41) is 0. The molecule has 0 saturated heterocycles. The van der Waals surface area contributed by atoms with Crippen LogP contribution in [0.5, 0.6) is 0 Å². The van der Waals surface area contributed by atoms with Gasteiger partial charge in [0.15, 0.2) is 0 Å². The molecule has 10 heteroatoms. The first-order valence-electron chi connectivity index (χ1n) is 22.7. The number of unbranched alkanes of at least 4 members (excludes halogenated alkanes) is 18. The Hall–Kier alpha value is -1.04. The van der Waals surface area contributed by atoms with Crippen LogP contribution in [0.2, 0.25) is 12.6 Å². The lowest BCUT2D eigenvalue weighted by Crippen LogP contribution is -2.43. The Kier molecular flexibility index (Phi) is 38.1. The van der Waals surface area contributed by atoms with Crippen molar-refractivity contribution < 1.29 is 37.4 Å². The van der Waals surface area contributed by atoms with Gasteiger partial charge in [-0.05, 0) is 66.1 Å². The number of hydrogen-bond acceptors (Lipinski definition) is 9. The average molecular weight is 788 g/mol. The zero-order valence-electron chi connectivity index (χ0n) is 36.7. The highest BCUT2D eigenvalue weighted by atomic mass is 28.4. The quantitative estimate of drug-likeness (QED) is 0.0340. The Morgan fingerprint density at radius 3 is 1.17 bits per heavy atom. The van der Waals surface area contributed by atoms with Crippen molar-refractivity contribution >= 4 is 20.5 Å². The van der Waals surface area contributed by atoms with Crippen LogP contribution in [0.4, 0.5) is 0 Å². The number of rotatable bonds is 42. The Balaban J connectivity index is 4.40. The molecule has 0 aromatic rings. The molecular formula is C44H89NO8Si. The van der Waals surface area contributed by atoms with Crippen molar-refractivity contribution in [3.05, 3.63) is 0 Å². The monoisotopic (exact) mass is 788 g/mol. The first-order valence-corrected chi connectivity index (χ1v) is 25.2. The Morgan fingerprint density at radius 2 is 0.815 bits per heavy atom. The van der Waals surface area contributed by atoms with Crippen molar-refractivity contribution in [2.75, 3.05) is 59.3 Å². The topological polar surface area (TPSA) is 92.8 Å². The second-order valence-corrected chi connectivity index (χ2v) is 19.2. The van der Waals surface area contributed by atoms with E-state index in [1.54, 1.807) is 0 Å². The molecule has 54 heavy (non-hydrogen) atoms. The Bertz CT molecular complexity index is 772. The summed E-state index contributed by atoms with van der Waals surface area (Å²) in [5.74, 6) is -0.481. The molecular weight excluding hydrogens is 699 g/mol. The van der Waals surface area contributed by atoms with Gasteiger partial charge in [0, 0.05) is 38.5 Å². The maximum Gasteiger partial charge on any atom is 0.335 e. The minimum absolute atomic E-state index is 0.0961. The maximum atomic E-state index is 12.6. The average Bonchev–Trinajstić information content (AvgIpc) is 3.12. The fraction of sp³-hybridized carbons (Fsp3) is 0.955. The van der Waals surface area contributed by atoms with Gasteiger partial charge in [0.1, 0.15) is 13.2 Å². The molecule has 0 bridgehead atoms. The smallest absolute Gasteiger partial charge is 0.335 e. The third-order valence-electron chi connectivity index (χ3n) is 9.61. The van der Waals surface area contributed by atoms with Gasteiger partial charge in [-0.2, -0.15) is 0 Å². The van der Waals surface area contributed by atoms with Crippen LogP contribution in [0.25, 0.3) is 0 Å². The standard InChI is InChI=1S/C44H89NO8Si/c1-8-10-12-14-16-18-20-22-24-26-34-48-36-38-50-43(46)29-32-45(31-28-40-54(7,52-41(3)4)53-42(5)6)33-30-44(47)51-39-37-49-35-27-25-23-21-19-17-15-13-11-9-2/h41-42H,8-40H2,1-7H3. The lowest BCUT2D eigenvalue weighted by Gasteiger charge is -2.32. The van der Waals surface area contributed by atoms with Gasteiger partial charge < -0.3 is 32.7 Å². The molecule has 0 heterocycles. The van der Waals surface area contributed by atoms with Crippen molar-refractivity contribution in [2.45, 2.75) is 214 Å². The first-order chi connectivity index (χ1) is 26.1. The van der Waals surface area contributed by atoms with Crippen LogP contribution in [0.3, 0.4) is 0 Å². The molecule has 0 fully saturated rings. The Morgan fingerprint density at radius 1 is 0.463 bits per heavy atom. The van der Waals surface area contributed by atoms with E-state index in [-0.39, 0.29) is 50.2 Å². The number of carbonyl (C=O) groups excluding carboxylic acids is 2. The molecule has 0 unspecified atom stereocenters. The van der Waals surface area contributed by atoms with E-state index < -0.39 is 8.56 Å². The summed E-state index contributed by atoms with van der Waals surface area (Å²) in [5.41, 5.74) is 0. The summed E-state index contributed by atoms with van der Waals surface area (Å²) < 4.78 is 34.9. The minimum atomic E-state index is -2.36. The highest BCUT2D eigenvalue weighted by molar-refractivity contribution is 6.66. The molecule has 0 aliphatic carbocycles. The van der Waals surface area contributed by atoms with Gasteiger partial charge in [-0.3, -0.25) is 9.59 Å². The van der Waals surface area contributed by atoms with Crippen LogP contribution in [-0.4, -0.2) is 96.9 Å². The minimum Gasteiger partial charge on any atom is -0.463 e. The van der Waals surface area contributed by atoms with Crippen molar-refractivity contribution in [3.63, 3.8) is 0 Å². The summed E-state index contributed by atoms with van der Waals surface area (Å²) in [4.78, 5) is 27.4. The van der Waals surface area contributed by atoms with E-state index in [9.17, 15) is 9.59 Å². The molecule has 0 aromatic carbocycles. The summed E-state index contributed by atoms with van der Waals surface area (Å²) in [6, 6.07) is 0.835. The van der Waals surface area contributed by atoms with Crippen LogP contribution in [0, 0.1) is 0 Å². The largest absolute Gasteiger partial charge is 0.463 e. The molecule has 0 atom stereocenters. The van der Waals surface area contributed by atoms with E-state index in [0.717, 1.165) is 31.9 Å². The molecule has 0 radical (unpaired) electrons. The predicted octanol–water partition coefficient (Wildman–Crippen LogP) is 11.3. The third kappa shape index (κ3) is 37.9.